The summed E-state index contributed by atoms with van der Waals surface area (Å²) in [5, 5.41) is 2.83. The minimum Gasteiger partial charge on any atom is -0.466 e. The van der Waals surface area contributed by atoms with Crippen molar-refractivity contribution in [3.63, 3.8) is 0 Å². The number of aromatic amines is 2. The van der Waals surface area contributed by atoms with E-state index in [-0.39, 0.29) is 30.0 Å². The summed E-state index contributed by atoms with van der Waals surface area (Å²) in [6.07, 6.45) is 1.67. The van der Waals surface area contributed by atoms with Crippen LogP contribution in [-0.4, -0.2) is 53.0 Å². The van der Waals surface area contributed by atoms with Crippen LogP contribution in [0.3, 0.4) is 0 Å². The summed E-state index contributed by atoms with van der Waals surface area (Å²) < 4.78 is 5.08. The van der Waals surface area contributed by atoms with Crippen molar-refractivity contribution < 1.29 is 14.3 Å². The van der Waals surface area contributed by atoms with Gasteiger partial charge in [0.05, 0.1) is 30.1 Å². The lowest BCUT2D eigenvalue weighted by atomic mass is 9.98. The molecule has 1 fully saturated rings. The van der Waals surface area contributed by atoms with E-state index in [1.54, 1.807) is 25.1 Å². The van der Waals surface area contributed by atoms with Crippen LogP contribution in [0.25, 0.3) is 11.0 Å². The van der Waals surface area contributed by atoms with Crippen molar-refractivity contribution in [1.29, 1.82) is 0 Å². The number of carbonyl (C=O) groups is 2. The summed E-state index contributed by atoms with van der Waals surface area (Å²) in [6, 6.07) is 5.19. The van der Waals surface area contributed by atoms with Crippen molar-refractivity contribution in [2.24, 2.45) is 5.92 Å². The van der Waals surface area contributed by atoms with E-state index in [0.29, 0.717) is 29.9 Å². The molecule has 1 aliphatic heterocycles. The van der Waals surface area contributed by atoms with Crippen molar-refractivity contribution in [3.05, 3.63) is 28.7 Å². The molecular weight excluding hydrogens is 324 g/mol. The molecule has 0 radical (unpaired) electrons. The Morgan fingerprint density at radius 2 is 2.12 bits per heavy atom. The highest BCUT2D eigenvalue weighted by atomic mass is 16.5. The molecule has 1 atom stereocenters. The number of esters is 1. The largest absolute Gasteiger partial charge is 0.466 e. The van der Waals surface area contributed by atoms with Gasteiger partial charge < -0.3 is 20.0 Å². The molecule has 0 aliphatic carbocycles. The molecule has 2 aromatic rings. The first-order chi connectivity index (χ1) is 12.0. The Hall–Kier alpha value is -2.61. The lowest BCUT2D eigenvalue weighted by Gasteiger charge is -2.30. The van der Waals surface area contributed by atoms with Gasteiger partial charge in [0.15, 0.2) is 0 Å². The average Bonchev–Trinajstić information content (AvgIpc) is 2.94. The molecule has 1 aromatic heterocycles. The number of hydrogen-bond acceptors (Lipinski definition) is 5. The zero-order valence-electron chi connectivity index (χ0n) is 14.1. The predicted molar refractivity (Wildman–Crippen MR) is 93.3 cm³/mol. The number of rotatable bonds is 5. The van der Waals surface area contributed by atoms with E-state index >= 15 is 0 Å². The van der Waals surface area contributed by atoms with E-state index in [1.165, 1.54) is 0 Å². The molecule has 0 bridgehead atoms. The second-order valence-electron chi connectivity index (χ2n) is 6.21. The zero-order valence-corrected chi connectivity index (χ0v) is 14.1. The number of likely N-dealkylation sites (tertiary alicyclic amines) is 1. The predicted octanol–water partition coefficient (Wildman–Crippen LogP) is 1.07. The second kappa shape index (κ2) is 7.52. The van der Waals surface area contributed by atoms with Gasteiger partial charge in [0, 0.05) is 12.2 Å². The smallest absolute Gasteiger partial charge is 0.323 e. The molecule has 1 saturated heterocycles. The Bertz CT molecular complexity index is 825. The maximum atomic E-state index is 12.3. The molecule has 134 valence electrons. The molecule has 8 heteroatoms. The van der Waals surface area contributed by atoms with E-state index in [2.05, 4.69) is 15.3 Å². The van der Waals surface area contributed by atoms with Crippen LogP contribution in [0.1, 0.15) is 19.8 Å². The van der Waals surface area contributed by atoms with Crippen LogP contribution >= 0.6 is 0 Å². The van der Waals surface area contributed by atoms with Gasteiger partial charge >= 0.3 is 11.7 Å². The van der Waals surface area contributed by atoms with Crippen molar-refractivity contribution >= 4 is 28.6 Å². The molecule has 1 aromatic carbocycles. The van der Waals surface area contributed by atoms with Crippen molar-refractivity contribution in [1.82, 2.24) is 14.9 Å². The zero-order chi connectivity index (χ0) is 17.8. The SMILES string of the molecule is CCOC(=O)[C@@H]1CCCN(CC(=O)Nc2ccc3[nH]c(=O)[nH]c3c2)C1. The summed E-state index contributed by atoms with van der Waals surface area (Å²) in [6.45, 7) is 3.71. The fourth-order valence-electron chi connectivity index (χ4n) is 3.17. The molecule has 3 N–H and O–H groups in total. The standard InChI is InChI=1S/C17H22N4O4/c1-2-25-16(23)11-4-3-7-21(9-11)10-15(22)18-12-5-6-13-14(8-12)20-17(24)19-13/h5-6,8,11H,2-4,7,9-10H2,1H3,(H,18,22)(H2,19,20,24)/t11-/m1/s1. The molecule has 25 heavy (non-hydrogen) atoms. The van der Waals surface area contributed by atoms with Crippen molar-refractivity contribution in [3.8, 4) is 0 Å². The summed E-state index contributed by atoms with van der Waals surface area (Å²) in [7, 11) is 0. The number of ether oxygens (including phenoxy) is 1. The number of fused-ring (bicyclic) bond motifs is 1. The first-order valence-corrected chi connectivity index (χ1v) is 8.46. The van der Waals surface area contributed by atoms with E-state index in [9.17, 15) is 14.4 Å². The summed E-state index contributed by atoms with van der Waals surface area (Å²) in [5.74, 6) is -0.501. The third kappa shape index (κ3) is 4.27. The Balaban J connectivity index is 1.57. The van der Waals surface area contributed by atoms with Gasteiger partial charge in [-0.1, -0.05) is 0 Å². The number of amides is 1. The van der Waals surface area contributed by atoms with E-state index in [0.717, 1.165) is 19.4 Å². The van der Waals surface area contributed by atoms with Crippen LogP contribution in [-0.2, 0) is 14.3 Å². The summed E-state index contributed by atoms with van der Waals surface area (Å²) in [5.41, 5.74) is 1.67. The van der Waals surface area contributed by atoms with E-state index in [4.69, 9.17) is 4.74 Å². The van der Waals surface area contributed by atoms with Crippen molar-refractivity contribution in [2.45, 2.75) is 19.8 Å². The van der Waals surface area contributed by atoms with E-state index < -0.39 is 0 Å². The fraction of sp³-hybridized carbons (Fsp3) is 0.471. The topological polar surface area (TPSA) is 107 Å². The molecule has 0 unspecified atom stereocenters. The number of benzene rings is 1. The van der Waals surface area contributed by atoms with Gasteiger partial charge in [0.2, 0.25) is 5.91 Å². The van der Waals surface area contributed by atoms with Crippen LogP contribution < -0.4 is 11.0 Å². The van der Waals surface area contributed by atoms with Gasteiger partial charge in [0.25, 0.3) is 0 Å². The Labute approximate surface area is 144 Å². The highest BCUT2D eigenvalue weighted by molar-refractivity contribution is 5.94. The molecule has 0 spiro atoms. The molecule has 2 heterocycles. The fourth-order valence-corrected chi connectivity index (χ4v) is 3.17. The number of piperidine rings is 1. The minimum absolute atomic E-state index is 0.151. The molecule has 0 saturated carbocycles. The normalized spacial score (nSPS) is 18.2. The van der Waals surface area contributed by atoms with Gasteiger partial charge in [-0.05, 0) is 44.5 Å². The average molecular weight is 346 g/mol. The summed E-state index contributed by atoms with van der Waals surface area (Å²) >= 11 is 0. The number of hydrogen-bond donors (Lipinski definition) is 3. The number of aromatic nitrogens is 2. The summed E-state index contributed by atoms with van der Waals surface area (Å²) in [4.78, 5) is 42.7. The Kier molecular flexibility index (Phi) is 5.18. The van der Waals surface area contributed by atoms with Crippen LogP contribution in [0.5, 0.6) is 0 Å². The lowest BCUT2D eigenvalue weighted by Crippen LogP contribution is -2.43. The first kappa shape index (κ1) is 17.2. The van der Waals surface area contributed by atoms with Crippen molar-refractivity contribution in [2.75, 3.05) is 31.6 Å². The van der Waals surface area contributed by atoms with Gasteiger partial charge in [-0.2, -0.15) is 0 Å². The van der Waals surface area contributed by atoms with Gasteiger partial charge in [-0.3, -0.25) is 14.5 Å². The van der Waals surface area contributed by atoms with Crippen LogP contribution in [0, 0.1) is 5.92 Å². The molecular formula is C17H22N4O4. The van der Waals surface area contributed by atoms with Gasteiger partial charge in [-0.15, -0.1) is 0 Å². The van der Waals surface area contributed by atoms with Crippen LogP contribution in [0.15, 0.2) is 23.0 Å². The maximum Gasteiger partial charge on any atom is 0.323 e. The number of nitrogens with one attached hydrogen (secondary N) is 3. The third-order valence-corrected chi connectivity index (χ3v) is 4.29. The minimum atomic E-state index is -0.281. The molecule has 1 aliphatic rings. The second-order valence-corrected chi connectivity index (χ2v) is 6.21. The Morgan fingerprint density at radius 1 is 1.32 bits per heavy atom. The highest BCUT2D eigenvalue weighted by Crippen LogP contribution is 2.18. The highest BCUT2D eigenvalue weighted by Gasteiger charge is 2.27. The number of imidazole rings is 1. The van der Waals surface area contributed by atoms with Gasteiger partial charge in [0.1, 0.15) is 0 Å². The quantitative estimate of drug-likeness (QED) is 0.702. The first-order valence-electron chi connectivity index (χ1n) is 8.46. The monoisotopic (exact) mass is 346 g/mol. The van der Waals surface area contributed by atoms with Crippen LogP contribution in [0.4, 0.5) is 5.69 Å². The Morgan fingerprint density at radius 3 is 2.92 bits per heavy atom. The molecule has 8 nitrogen and oxygen atoms in total. The van der Waals surface area contributed by atoms with Gasteiger partial charge in [-0.25, -0.2) is 4.79 Å². The number of anilines is 1. The third-order valence-electron chi connectivity index (χ3n) is 4.29. The van der Waals surface area contributed by atoms with Crippen LogP contribution in [0.2, 0.25) is 0 Å². The molecule has 3 rings (SSSR count). The maximum absolute atomic E-state index is 12.3. The lowest BCUT2D eigenvalue weighted by molar-refractivity contribution is -0.150. The van der Waals surface area contributed by atoms with E-state index in [1.807, 2.05) is 4.90 Å². The number of nitrogens with zero attached hydrogens (tertiary/aromatic N) is 1. The number of carbonyl (C=O) groups excluding carboxylic acids is 2. The number of H-pyrrole nitrogens is 2. The molecule has 1 amide bonds.